The lowest BCUT2D eigenvalue weighted by molar-refractivity contribution is -0.140. The molecule has 0 radical (unpaired) electrons. The molecule has 2 amide bonds. The van der Waals surface area contributed by atoms with Gasteiger partial charge in [0.1, 0.15) is 5.75 Å². The number of fused-ring (bicyclic) bond motifs is 5. The van der Waals surface area contributed by atoms with Crippen molar-refractivity contribution < 1.29 is 14.3 Å². The Kier molecular flexibility index (Phi) is 4.73. The van der Waals surface area contributed by atoms with Crippen molar-refractivity contribution >= 4 is 23.7 Å². The lowest BCUT2D eigenvalue weighted by atomic mass is 9.85. The lowest BCUT2D eigenvalue weighted by Crippen LogP contribution is -2.28. The fourth-order valence-corrected chi connectivity index (χ4v) is 4.43. The zero-order valence-electron chi connectivity index (χ0n) is 16.8. The van der Waals surface area contributed by atoms with Crippen molar-refractivity contribution in [2.75, 3.05) is 19.0 Å². The van der Waals surface area contributed by atoms with Gasteiger partial charge >= 0.3 is 0 Å². The smallest absolute Gasteiger partial charge is 0.254 e. The Balaban J connectivity index is 1.59. The minimum absolute atomic E-state index is 0.0562. The third-order valence-corrected chi connectivity index (χ3v) is 6.18. The first kappa shape index (κ1) is 18.7. The lowest BCUT2D eigenvalue weighted by Gasteiger charge is -2.19. The number of anilines is 1. The maximum Gasteiger partial charge on any atom is 0.254 e. The highest BCUT2D eigenvalue weighted by molar-refractivity contribution is 6.07. The summed E-state index contributed by atoms with van der Waals surface area (Å²) in [6, 6.07) is 5.84. The number of hydrazone groups is 1. The number of ether oxygens (including phenoxy) is 1. The van der Waals surface area contributed by atoms with Crippen LogP contribution in [-0.2, 0) is 9.59 Å². The number of benzene rings is 1. The SMILES string of the molecule is CCC(C)Oc1cc(N(C)C)ccc1C=NN1C(=O)C2C3C=CC(C3)C2C1=O. The summed E-state index contributed by atoms with van der Waals surface area (Å²) in [7, 11) is 3.94. The van der Waals surface area contributed by atoms with Gasteiger partial charge in [-0.25, -0.2) is 0 Å². The van der Waals surface area contributed by atoms with Crippen LogP contribution in [0.5, 0.6) is 5.75 Å². The normalized spacial score (nSPS) is 29.1. The number of amides is 2. The highest BCUT2D eigenvalue weighted by Crippen LogP contribution is 2.52. The van der Waals surface area contributed by atoms with Crippen LogP contribution in [0.3, 0.4) is 0 Å². The number of rotatable bonds is 6. The van der Waals surface area contributed by atoms with Crippen molar-refractivity contribution in [3.63, 3.8) is 0 Å². The Bertz CT molecular complexity index is 831. The first-order chi connectivity index (χ1) is 13.4. The van der Waals surface area contributed by atoms with Gasteiger partial charge in [-0.15, -0.1) is 0 Å². The third kappa shape index (κ3) is 3.01. The highest BCUT2D eigenvalue weighted by atomic mass is 16.5. The van der Waals surface area contributed by atoms with Crippen LogP contribution in [0.1, 0.15) is 32.3 Å². The summed E-state index contributed by atoms with van der Waals surface area (Å²) in [5.41, 5.74) is 1.77. The Hall–Kier alpha value is -2.63. The zero-order valence-corrected chi connectivity index (χ0v) is 16.8. The molecular weight excluding hydrogens is 354 g/mol. The Morgan fingerprint density at radius 1 is 1.21 bits per heavy atom. The van der Waals surface area contributed by atoms with E-state index in [9.17, 15) is 9.59 Å². The molecule has 2 aliphatic carbocycles. The summed E-state index contributed by atoms with van der Waals surface area (Å²) in [6.07, 6.45) is 7.60. The van der Waals surface area contributed by atoms with Crippen molar-refractivity contribution in [1.29, 1.82) is 0 Å². The van der Waals surface area contributed by atoms with Gasteiger partial charge in [-0.2, -0.15) is 10.1 Å². The Morgan fingerprint density at radius 3 is 2.43 bits per heavy atom. The molecule has 28 heavy (non-hydrogen) atoms. The van der Waals surface area contributed by atoms with Crippen LogP contribution in [0.15, 0.2) is 35.5 Å². The number of imide groups is 1. The van der Waals surface area contributed by atoms with Crippen molar-refractivity contribution in [3.05, 3.63) is 35.9 Å². The van der Waals surface area contributed by atoms with E-state index in [1.54, 1.807) is 6.21 Å². The predicted octanol–water partition coefficient (Wildman–Crippen LogP) is 3.07. The summed E-state index contributed by atoms with van der Waals surface area (Å²) in [4.78, 5) is 27.6. The Morgan fingerprint density at radius 2 is 1.86 bits per heavy atom. The van der Waals surface area contributed by atoms with Gasteiger partial charge in [0, 0.05) is 31.4 Å². The number of hydrogen-bond donors (Lipinski definition) is 0. The second kappa shape index (κ2) is 7.08. The standard InChI is InChI=1S/C22H27N3O3/c1-5-13(2)28-18-11-17(24(3)4)9-8-16(18)12-23-25-21(26)19-14-6-7-15(10-14)20(19)22(25)27/h6-9,11-15,19-20H,5,10H2,1-4H3. The molecule has 1 saturated carbocycles. The van der Waals surface area contributed by atoms with E-state index in [-0.39, 0.29) is 41.6 Å². The minimum Gasteiger partial charge on any atom is -0.490 e. The van der Waals surface area contributed by atoms with Gasteiger partial charge in [-0.1, -0.05) is 19.1 Å². The topological polar surface area (TPSA) is 62.2 Å². The Labute approximate surface area is 165 Å². The molecule has 0 spiro atoms. The largest absolute Gasteiger partial charge is 0.490 e. The average molecular weight is 381 g/mol. The third-order valence-electron chi connectivity index (χ3n) is 6.18. The molecule has 6 nitrogen and oxygen atoms in total. The molecule has 5 atom stereocenters. The van der Waals surface area contributed by atoms with Crippen LogP contribution < -0.4 is 9.64 Å². The van der Waals surface area contributed by atoms with Crippen molar-refractivity contribution in [2.45, 2.75) is 32.8 Å². The van der Waals surface area contributed by atoms with Crippen LogP contribution in [0.2, 0.25) is 0 Å². The van der Waals surface area contributed by atoms with Crippen LogP contribution in [0.4, 0.5) is 5.69 Å². The number of carbonyl (C=O) groups is 2. The fraction of sp³-hybridized carbons (Fsp3) is 0.500. The molecule has 0 N–H and O–H groups in total. The number of carbonyl (C=O) groups excluding carboxylic acids is 2. The fourth-order valence-electron chi connectivity index (χ4n) is 4.43. The van der Waals surface area contributed by atoms with E-state index in [1.807, 2.05) is 44.1 Å². The van der Waals surface area contributed by atoms with Crippen molar-refractivity contribution in [3.8, 4) is 5.75 Å². The summed E-state index contributed by atoms with van der Waals surface area (Å²) in [5, 5.41) is 5.37. The van der Waals surface area contributed by atoms with E-state index in [4.69, 9.17) is 4.74 Å². The van der Waals surface area contributed by atoms with E-state index >= 15 is 0 Å². The molecule has 4 rings (SSSR count). The molecule has 1 aromatic carbocycles. The van der Waals surface area contributed by atoms with E-state index in [2.05, 4.69) is 24.2 Å². The van der Waals surface area contributed by atoms with E-state index in [1.165, 1.54) is 0 Å². The second-order valence-corrected chi connectivity index (χ2v) is 8.19. The summed E-state index contributed by atoms with van der Waals surface area (Å²) < 4.78 is 6.06. The zero-order chi connectivity index (χ0) is 20.0. The summed E-state index contributed by atoms with van der Waals surface area (Å²) in [5.74, 6) is 0.281. The van der Waals surface area contributed by atoms with Crippen molar-refractivity contribution in [2.24, 2.45) is 28.8 Å². The van der Waals surface area contributed by atoms with E-state index in [0.717, 1.165) is 29.1 Å². The summed E-state index contributed by atoms with van der Waals surface area (Å²) >= 11 is 0. The number of allylic oxidation sites excluding steroid dienone is 2. The molecular formula is C22H27N3O3. The summed E-state index contributed by atoms with van der Waals surface area (Å²) in [6.45, 7) is 4.08. The van der Waals surface area contributed by atoms with Crippen LogP contribution in [0.25, 0.3) is 0 Å². The van der Waals surface area contributed by atoms with Crippen molar-refractivity contribution in [1.82, 2.24) is 5.01 Å². The van der Waals surface area contributed by atoms with Gasteiger partial charge in [0.25, 0.3) is 11.8 Å². The number of nitrogens with zero attached hydrogens (tertiary/aromatic N) is 3. The van der Waals surface area contributed by atoms with E-state index in [0.29, 0.717) is 5.75 Å². The minimum atomic E-state index is -0.230. The second-order valence-electron chi connectivity index (χ2n) is 8.19. The predicted molar refractivity (Wildman–Crippen MR) is 108 cm³/mol. The van der Waals surface area contributed by atoms with Crippen LogP contribution in [0, 0.1) is 23.7 Å². The van der Waals surface area contributed by atoms with Crippen LogP contribution >= 0.6 is 0 Å². The molecule has 6 heteroatoms. The maximum atomic E-state index is 12.8. The maximum absolute atomic E-state index is 12.8. The van der Waals surface area contributed by atoms with Crippen LogP contribution in [-0.4, -0.2) is 43.2 Å². The molecule has 0 aromatic heterocycles. The number of hydrogen-bond acceptors (Lipinski definition) is 5. The molecule has 1 aromatic rings. The molecule has 2 fully saturated rings. The molecule has 2 bridgehead atoms. The van der Waals surface area contributed by atoms with Gasteiger partial charge in [-0.3, -0.25) is 9.59 Å². The molecule has 5 unspecified atom stereocenters. The van der Waals surface area contributed by atoms with Gasteiger partial charge in [0.2, 0.25) is 0 Å². The first-order valence-electron chi connectivity index (χ1n) is 9.98. The average Bonchev–Trinajstić information content (AvgIpc) is 3.35. The highest BCUT2D eigenvalue weighted by Gasteiger charge is 2.59. The molecule has 1 heterocycles. The molecule has 3 aliphatic rings. The first-order valence-corrected chi connectivity index (χ1v) is 9.98. The molecule has 148 valence electrons. The van der Waals surface area contributed by atoms with E-state index < -0.39 is 0 Å². The van der Waals surface area contributed by atoms with Gasteiger partial charge in [-0.05, 0) is 43.7 Å². The van der Waals surface area contributed by atoms with Gasteiger partial charge < -0.3 is 9.64 Å². The quantitative estimate of drug-likeness (QED) is 0.432. The monoisotopic (exact) mass is 381 g/mol. The van der Waals surface area contributed by atoms with Gasteiger partial charge in [0.15, 0.2) is 0 Å². The van der Waals surface area contributed by atoms with Gasteiger partial charge in [0.05, 0.1) is 24.2 Å². The molecule has 1 saturated heterocycles. The molecule has 1 aliphatic heterocycles.